The number of amides is 1. The third-order valence-corrected chi connectivity index (χ3v) is 22.8. The van der Waals surface area contributed by atoms with Crippen molar-refractivity contribution < 1.29 is 96.9 Å². The Bertz CT molecular complexity index is 2690. The Hall–Kier alpha value is -2.48. The van der Waals surface area contributed by atoms with Crippen molar-refractivity contribution in [1.29, 1.82) is 0 Å². The third kappa shape index (κ3) is 16.2. The summed E-state index contributed by atoms with van der Waals surface area (Å²) in [6.07, 6.45) is -9.27. The molecule has 1 saturated carbocycles. The number of likely N-dealkylation sites (N-methyl/N-ethyl adjacent to an activating group) is 1. The van der Waals surface area contributed by atoms with E-state index in [1.54, 1.807) is 59.4 Å². The van der Waals surface area contributed by atoms with E-state index in [2.05, 4.69) is 39.8 Å². The largest absolute Gasteiger partial charge is 0.493 e. The molecule has 480 valence electrons. The number of carbonyl (C=O) groups excluding carboxylic acids is 3. The minimum absolute atomic E-state index is 0.0618. The fourth-order valence-corrected chi connectivity index (χ4v) is 15.7. The van der Waals surface area contributed by atoms with Gasteiger partial charge in [-0.3, -0.25) is 9.59 Å². The van der Waals surface area contributed by atoms with Gasteiger partial charge in [-0.2, -0.15) is 5.48 Å². The summed E-state index contributed by atoms with van der Waals surface area (Å²) in [6.45, 7) is 13.0. The summed E-state index contributed by atoms with van der Waals surface area (Å²) in [5, 5.41) is 64.0. The number of hydrogen-bond acceptors (Lipinski definition) is 26. The highest BCUT2D eigenvalue weighted by molar-refractivity contribution is 14.1. The van der Waals surface area contributed by atoms with E-state index in [0.29, 0.717) is 27.0 Å². The average Bonchev–Trinajstić information content (AvgIpc) is 0.867. The molecule has 4 saturated heterocycles. The van der Waals surface area contributed by atoms with Crippen LogP contribution in [-0.2, 0) is 52.3 Å². The normalized spacial score (nSPS) is 37.8. The fraction of sp³-hybridized carbons (Fsp3) is 0.707. The first kappa shape index (κ1) is 71.0. The number of aliphatic hydroxyl groups is 5. The number of ketones is 1. The lowest BCUT2D eigenvalue weighted by atomic mass is 9.59. The maximum absolute atomic E-state index is 14.5. The first-order valence-corrected chi connectivity index (χ1v) is 34.3. The van der Waals surface area contributed by atoms with E-state index in [9.17, 15) is 39.9 Å². The lowest BCUT2D eigenvalue weighted by molar-refractivity contribution is -0.334. The number of benzene rings is 1. The number of rotatable bonds is 22. The molecule has 19 unspecified atom stereocenters. The van der Waals surface area contributed by atoms with Gasteiger partial charge in [0.1, 0.15) is 48.3 Å². The van der Waals surface area contributed by atoms with Gasteiger partial charge in [-0.1, -0.05) is 70.0 Å². The number of ether oxygens (including phenoxy) is 11. The number of fused-ring (bicyclic) bond motifs is 2. The Balaban J connectivity index is 1.12. The van der Waals surface area contributed by atoms with Gasteiger partial charge in [0.05, 0.1) is 90.9 Å². The number of thioether (sulfide) groups is 1. The Morgan fingerprint density at radius 1 is 0.919 bits per heavy atom. The van der Waals surface area contributed by atoms with Crippen molar-refractivity contribution in [2.45, 2.75) is 176 Å². The van der Waals surface area contributed by atoms with Crippen molar-refractivity contribution in [2.75, 3.05) is 66.8 Å². The van der Waals surface area contributed by atoms with E-state index in [0.717, 1.165) is 11.8 Å². The van der Waals surface area contributed by atoms with Gasteiger partial charge in [0, 0.05) is 50.2 Å². The Morgan fingerprint density at radius 2 is 1.65 bits per heavy atom. The Morgan fingerprint density at radius 3 is 2.34 bits per heavy atom. The van der Waals surface area contributed by atoms with Gasteiger partial charge in [0.2, 0.25) is 11.4 Å². The SMILES string of the molecule is CCNC1COC(OC2C(O[C@H]3C#C/C=C\C#CC(C)(C)[C@]4(O)CC(=O)C(NC(=O)OC)C3/C4=C\CSSSC)OC(C)C(NOCC3COC(C)C(SC(=O)c4cc(OC)c(OC5OC(C)C(O)C(OC)C5O)c(I)c4C)C3O)C2O)CC1OC. The van der Waals surface area contributed by atoms with E-state index in [4.69, 9.17) is 56.9 Å². The summed E-state index contributed by atoms with van der Waals surface area (Å²) in [5.74, 6) is 10.6. The lowest BCUT2D eigenvalue weighted by Crippen LogP contribution is -2.66. The number of aliphatic hydroxyl groups excluding tert-OH is 4. The maximum Gasteiger partial charge on any atom is 0.407 e. The van der Waals surface area contributed by atoms with Gasteiger partial charge in [0.25, 0.3) is 0 Å². The summed E-state index contributed by atoms with van der Waals surface area (Å²) in [7, 11) is 10.1. The van der Waals surface area contributed by atoms with Gasteiger partial charge in [0.15, 0.2) is 29.9 Å². The van der Waals surface area contributed by atoms with Crippen LogP contribution in [0.5, 0.6) is 11.5 Å². The highest BCUT2D eigenvalue weighted by atomic mass is 127. The number of nitrogens with one attached hydrogen (secondary N) is 3. The van der Waals surface area contributed by atoms with Crippen LogP contribution in [0.1, 0.15) is 70.3 Å². The van der Waals surface area contributed by atoms with Crippen molar-refractivity contribution >= 4 is 82.8 Å². The zero-order chi connectivity index (χ0) is 62.8. The highest BCUT2D eigenvalue weighted by Gasteiger charge is 2.59. The van der Waals surface area contributed by atoms with E-state index in [-0.39, 0.29) is 60.6 Å². The number of hydroxylamine groups is 1. The molecule has 21 atom stereocenters. The molecule has 2 aliphatic carbocycles. The van der Waals surface area contributed by atoms with Crippen molar-refractivity contribution in [3.05, 3.63) is 44.6 Å². The van der Waals surface area contributed by atoms with Crippen LogP contribution in [-0.4, -0.2) is 224 Å². The van der Waals surface area contributed by atoms with Crippen LogP contribution in [0, 0.1) is 51.4 Å². The van der Waals surface area contributed by atoms with E-state index in [1.807, 2.05) is 41.8 Å². The highest BCUT2D eigenvalue weighted by Crippen LogP contribution is 2.50. The number of Topliss-reactive ketones (excluding diaryl/α,β-unsaturated/α-hetero) is 1. The molecular formula is C58H82IN3O20S4. The molecule has 23 nitrogen and oxygen atoms in total. The predicted molar refractivity (Wildman–Crippen MR) is 332 cm³/mol. The molecule has 5 fully saturated rings. The standard InChI is InChI=1S/C58H82IN3O20S4/c1-13-60-35-27-76-40(23-38(35)71-8)81-51-47(66)43(29(3)78-55(51)80-37-18-16-14-15-17-20-57(6,7)58(70)24-36(63)44(61-56(69)74-11)41(37)34(58)19-21-84-86-83-12)62-77-26-32-25-75-31(5)52(46(32)65)85-53(68)33-22-39(72-9)49(42(59)28(33)2)82-54-48(67)50(73-10)45(64)30(4)79-54/h14-15,19,22,29-32,35,37-38,40-41,43-48,50-52,54-55,60,62,64-67,70H,13,21,23-27H2,1-12H3,(H,61,69)/b15-14-,34-19+/t29?,30?,31?,32?,35?,37-,38?,40?,41?,43?,44?,45?,46?,47?,48?,50?,51?,52?,54?,55?,58-/m0/s1. The number of methoxy groups -OCH3 is 4. The van der Waals surface area contributed by atoms with Crippen molar-refractivity contribution in [1.82, 2.24) is 16.1 Å². The monoisotopic (exact) mass is 1400 g/mol. The molecule has 1 aromatic carbocycles. The van der Waals surface area contributed by atoms with Crippen molar-refractivity contribution in [3.63, 3.8) is 0 Å². The molecular weight excluding hydrogens is 1310 g/mol. The topological polar surface area (TPSA) is 299 Å². The molecule has 4 heterocycles. The molecule has 86 heavy (non-hydrogen) atoms. The second kappa shape index (κ2) is 32.2. The van der Waals surface area contributed by atoms with E-state index >= 15 is 0 Å². The number of halogens is 1. The summed E-state index contributed by atoms with van der Waals surface area (Å²) >= 11 is 2.93. The zero-order valence-electron chi connectivity index (χ0n) is 50.2. The van der Waals surface area contributed by atoms with Gasteiger partial charge in [-0.15, -0.1) is 0 Å². The van der Waals surface area contributed by atoms with Crippen LogP contribution in [0.15, 0.2) is 29.9 Å². The van der Waals surface area contributed by atoms with Gasteiger partial charge in [-0.05, 0) is 116 Å². The van der Waals surface area contributed by atoms with Crippen LogP contribution in [0.4, 0.5) is 4.79 Å². The van der Waals surface area contributed by atoms with Gasteiger partial charge < -0.3 is 93.1 Å². The Labute approximate surface area is 532 Å². The number of hydrogen-bond donors (Lipinski definition) is 8. The molecule has 6 aliphatic rings. The average molecular weight is 1400 g/mol. The molecule has 4 aliphatic heterocycles. The number of allylic oxidation sites excluding steroid dienone is 2. The number of alkyl carbamates (subject to hydrolysis) is 1. The summed E-state index contributed by atoms with van der Waals surface area (Å²) in [4.78, 5) is 48.1. The van der Waals surface area contributed by atoms with Crippen LogP contribution in [0.2, 0.25) is 0 Å². The first-order valence-electron chi connectivity index (χ1n) is 28.3. The van der Waals surface area contributed by atoms with Crippen LogP contribution in [0.3, 0.4) is 0 Å². The second-order valence-corrected chi connectivity index (χ2v) is 28.8. The molecule has 0 aromatic heterocycles. The first-order chi connectivity index (χ1) is 41.0. The van der Waals surface area contributed by atoms with Crippen molar-refractivity contribution in [3.8, 4) is 35.2 Å². The van der Waals surface area contributed by atoms with E-state index < -0.39 is 138 Å². The van der Waals surface area contributed by atoms with Crippen molar-refractivity contribution in [2.24, 2.45) is 17.3 Å². The maximum atomic E-state index is 14.5. The second-order valence-electron chi connectivity index (χ2n) is 22.1. The molecule has 1 amide bonds. The molecule has 7 rings (SSSR count). The lowest BCUT2D eigenvalue weighted by Gasteiger charge is -2.51. The Kier molecular flexibility index (Phi) is 26.6. The van der Waals surface area contributed by atoms with Crippen LogP contribution < -0.4 is 25.6 Å². The summed E-state index contributed by atoms with van der Waals surface area (Å²) in [5.41, 5.74) is 0.997. The smallest absolute Gasteiger partial charge is 0.407 e. The molecule has 0 radical (unpaired) electrons. The fourth-order valence-electron chi connectivity index (χ4n) is 11.4. The molecule has 1 aromatic rings. The summed E-state index contributed by atoms with van der Waals surface area (Å²) in [6, 6.07) is -0.998. The van der Waals surface area contributed by atoms with Gasteiger partial charge in [-0.25, -0.2) is 4.79 Å². The minimum Gasteiger partial charge on any atom is -0.493 e. The number of carbonyl (C=O) groups is 3. The van der Waals surface area contributed by atoms with Crippen LogP contribution >= 0.6 is 65.8 Å². The minimum atomic E-state index is -1.89. The molecule has 28 heteroatoms. The molecule has 0 spiro atoms. The summed E-state index contributed by atoms with van der Waals surface area (Å²) < 4.78 is 67.1. The molecule has 2 bridgehead atoms. The third-order valence-electron chi connectivity index (χ3n) is 16.4. The predicted octanol–water partition coefficient (Wildman–Crippen LogP) is 3.85. The van der Waals surface area contributed by atoms with E-state index in [1.165, 1.54) is 60.2 Å². The molecule has 8 N–H and O–H groups in total. The van der Waals surface area contributed by atoms with Crippen LogP contribution in [0.25, 0.3) is 0 Å². The van der Waals surface area contributed by atoms with Gasteiger partial charge >= 0.3 is 6.09 Å². The zero-order valence-corrected chi connectivity index (χ0v) is 55.6. The quantitative estimate of drug-likeness (QED) is 0.0204.